The average molecular weight is 564 g/mol. The molecule has 0 atom stereocenters. The number of halogens is 1. The molecule has 7 nitrogen and oxygen atoms in total. The second kappa shape index (κ2) is 13.7. The second-order valence-corrected chi connectivity index (χ2v) is 9.15. The molecule has 37 heavy (non-hydrogen) atoms. The molecule has 0 aliphatic carbocycles. The van der Waals surface area contributed by atoms with Gasteiger partial charge in [0.2, 0.25) is 0 Å². The predicted octanol–water partition coefficient (Wildman–Crippen LogP) is 6.38. The van der Waals surface area contributed by atoms with E-state index in [4.69, 9.17) is 19.3 Å². The average Bonchev–Trinajstić information content (AvgIpc) is 3.38. The lowest BCUT2D eigenvalue weighted by atomic mass is 10.1. The molecule has 0 saturated carbocycles. The largest absolute Gasteiger partial charge is 0.491 e. The third-order valence-electron chi connectivity index (χ3n) is 5.43. The molecular formula is C29H30BrN3O4. The normalized spacial score (nSPS) is 10.9. The minimum Gasteiger partial charge on any atom is -0.491 e. The molecule has 4 rings (SSSR count). The van der Waals surface area contributed by atoms with Crippen LogP contribution >= 0.6 is 15.9 Å². The van der Waals surface area contributed by atoms with Crippen LogP contribution < -0.4 is 10.1 Å². The Labute approximate surface area is 225 Å². The van der Waals surface area contributed by atoms with Gasteiger partial charge in [-0.15, -0.1) is 0 Å². The van der Waals surface area contributed by atoms with Gasteiger partial charge in [-0.1, -0.05) is 53.2 Å². The first-order valence-corrected chi connectivity index (χ1v) is 13.0. The second-order valence-electron chi connectivity index (χ2n) is 8.23. The number of aromatic nitrogens is 2. The van der Waals surface area contributed by atoms with E-state index in [1.165, 1.54) is 0 Å². The van der Waals surface area contributed by atoms with Crippen LogP contribution in [0.3, 0.4) is 0 Å². The number of hydrogen-bond donors (Lipinski definition) is 1. The van der Waals surface area contributed by atoms with E-state index in [1.807, 2.05) is 78.9 Å². The van der Waals surface area contributed by atoms with Gasteiger partial charge in [-0.3, -0.25) is 4.79 Å². The highest BCUT2D eigenvalue weighted by molar-refractivity contribution is 9.10. The fourth-order valence-corrected chi connectivity index (χ4v) is 3.86. The van der Waals surface area contributed by atoms with Gasteiger partial charge in [0.15, 0.2) is 0 Å². The highest BCUT2D eigenvalue weighted by atomic mass is 79.9. The number of nitrogens with one attached hydrogen (secondary N) is 1. The Balaban J connectivity index is 1.39. The summed E-state index contributed by atoms with van der Waals surface area (Å²) in [4.78, 5) is 13.3. The number of benzene rings is 3. The Hall–Kier alpha value is -3.46. The summed E-state index contributed by atoms with van der Waals surface area (Å²) < 4.78 is 19.3. The lowest BCUT2D eigenvalue weighted by Crippen LogP contribution is -2.12. The Bertz CT molecular complexity index is 1260. The smallest absolute Gasteiger partial charge is 0.259 e. The Morgan fingerprint density at radius 3 is 2.24 bits per heavy atom. The van der Waals surface area contributed by atoms with E-state index >= 15 is 0 Å². The molecule has 192 valence electrons. The number of ether oxygens (including phenoxy) is 3. The molecule has 0 aliphatic rings. The maximum atomic E-state index is 13.3. The summed E-state index contributed by atoms with van der Waals surface area (Å²) in [5, 5.41) is 7.70. The van der Waals surface area contributed by atoms with Crippen molar-refractivity contribution >= 4 is 27.5 Å². The van der Waals surface area contributed by atoms with Crippen LogP contribution in [-0.4, -0.2) is 48.7 Å². The van der Waals surface area contributed by atoms with Gasteiger partial charge < -0.3 is 19.5 Å². The van der Waals surface area contributed by atoms with Crippen LogP contribution in [0.2, 0.25) is 0 Å². The summed E-state index contributed by atoms with van der Waals surface area (Å²) in [6.07, 6.45) is 2.76. The summed E-state index contributed by atoms with van der Waals surface area (Å²) in [7, 11) is 0. The Morgan fingerprint density at radius 2 is 1.54 bits per heavy atom. The molecule has 0 fully saturated rings. The van der Waals surface area contributed by atoms with E-state index in [0.717, 1.165) is 28.8 Å². The molecule has 1 aromatic heterocycles. The molecule has 0 saturated heterocycles. The number of nitrogens with zero attached hydrogens (tertiary/aromatic N) is 2. The lowest BCUT2D eigenvalue weighted by molar-refractivity contribution is 0.0366. The minimum atomic E-state index is -0.243. The van der Waals surface area contributed by atoms with Crippen LogP contribution in [0.25, 0.3) is 16.9 Å². The molecular weight excluding hydrogens is 534 g/mol. The van der Waals surface area contributed by atoms with E-state index in [0.29, 0.717) is 49.1 Å². The van der Waals surface area contributed by atoms with E-state index in [2.05, 4.69) is 28.2 Å². The standard InChI is InChI=1S/C29H30BrN3O4/c1-2-16-35-17-18-36-19-20-37-26-14-12-24(13-15-26)31-29(34)27-21-33(25-6-4-3-5-7-25)32-28(27)22-8-10-23(30)11-9-22/h3-15,21H,2,16-20H2,1H3,(H,31,34). The van der Waals surface area contributed by atoms with Gasteiger partial charge in [0.05, 0.1) is 31.1 Å². The van der Waals surface area contributed by atoms with Crippen LogP contribution in [0.1, 0.15) is 23.7 Å². The third kappa shape index (κ3) is 7.76. The molecule has 0 spiro atoms. The first kappa shape index (κ1) is 26.6. The van der Waals surface area contributed by atoms with E-state index in [-0.39, 0.29) is 5.91 Å². The Kier molecular flexibility index (Phi) is 9.88. The zero-order chi connectivity index (χ0) is 25.9. The summed E-state index contributed by atoms with van der Waals surface area (Å²) in [6, 6.07) is 24.7. The van der Waals surface area contributed by atoms with E-state index in [9.17, 15) is 4.79 Å². The fourth-order valence-electron chi connectivity index (χ4n) is 3.59. The van der Waals surface area contributed by atoms with Crippen molar-refractivity contribution in [1.82, 2.24) is 9.78 Å². The predicted molar refractivity (Wildman–Crippen MR) is 149 cm³/mol. The number of hydrogen-bond acceptors (Lipinski definition) is 5. The van der Waals surface area contributed by atoms with Gasteiger partial charge in [-0.2, -0.15) is 5.10 Å². The minimum absolute atomic E-state index is 0.243. The van der Waals surface area contributed by atoms with Crippen LogP contribution in [0, 0.1) is 0 Å². The van der Waals surface area contributed by atoms with Crippen LogP contribution in [0.4, 0.5) is 5.69 Å². The molecule has 0 unspecified atom stereocenters. The van der Waals surface area contributed by atoms with E-state index < -0.39 is 0 Å². The maximum Gasteiger partial charge on any atom is 0.259 e. The SMILES string of the molecule is CCCOCCOCCOc1ccc(NC(=O)c2cn(-c3ccccc3)nc2-c2ccc(Br)cc2)cc1. The van der Waals surface area contributed by atoms with Crippen molar-refractivity contribution < 1.29 is 19.0 Å². The molecule has 0 bridgehead atoms. The zero-order valence-corrected chi connectivity index (χ0v) is 22.3. The van der Waals surface area contributed by atoms with Crippen molar-refractivity contribution in [1.29, 1.82) is 0 Å². The van der Waals surface area contributed by atoms with Gasteiger partial charge in [-0.25, -0.2) is 4.68 Å². The maximum absolute atomic E-state index is 13.3. The third-order valence-corrected chi connectivity index (χ3v) is 5.95. The molecule has 0 aliphatic heterocycles. The summed E-state index contributed by atoms with van der Waals surface area (Å²) in [5.41, 5.74) is 3.47. The molecule has 4 aromatic rings. The van der Waals surface area contributed by atoms with Crippen molar-refractivity contribution in [3.8, 4) is 22.7 Å². The highest BCUT2D eigenvalue weighted by Gasteiger charge is 2.19. The molecule has 0 radical (unpaired) electrons. The first-order valence-electron chi connectivity index (χ1n) is 12.2. The summed E-state index contributed by atoms with van der Waals surface area (Å²) >= 11 is 3.46. The molecule has 1 N–H and O–H groups in total. The summed E-state index contributed by atoms with van der Waals surface area (Å²) in [6.45, 7) is 4.90. The molecule has 8 heteroatoms. The fraction of sp³-hybridized carbons (Fsp3) is 0.241. The van der Waals surface area contributed by atoms with Gasteiger partial charge in [0, 0.05) is 28.5 Å². The molecule has 1 amide bonds. The molecule has 1 heterocycles. The lowest BCUT2D eigenvalue weighted by Gasteiger charge is -2.09. The number of para-hydroxylation sites is 1. The summed E-state index contributed by atoms with van der Waals surface area (Å²) in [5.74, 6) is 0.462. The number of amides is 1. The van der Waals surface area contributed by atoms with Crippen molar-refractivity contribution in [2.45, 2.75) is 13.3 Å². The van der Waals surface area contributed by atoms with Crippen molar-refractivity contribution in [2.75, 3.05) is 38.4 Å². The van der Waals surface area contributed by atoms with Crippen LogP contribution in [0.5, 0.6) is 5.75 Å². The number of carbonyl (C=O) groups is 1. The first-order chi connectivity index (χ1) is 18.1. The van der Waals surface area contributed by atoms with E-state index in [1.54, 1.807) is 10.9 Å². The van der Waals surface area contributed by atoms with Gasteiger partial charge in [0.25, 0.3) is 5.91 Å². The van der Waals surface area contributed by atoms with Crippen molar-refractivity contribution in [3.63, 3.8) is 0 Å². The monoisotopic (exact) mass is 563 g/mol. The topological polar surface area (TPSA) is 74.6 Å². The Morgan fingerprint density at radius 1 is 0.865 bits per heavy atom. The number of rotatable bonds is 13. The van der Waals surface area contributed by atoms with Crippen molar-refractivity contribution in [3.05, 3.63) is 95.1 Å². The molecule has 3 aromatic carbocycles. The van der Waals surface area contributed by atoms with Gasteiger partial charge >= 0.3 is 0 Å². The zero-order valence-electron chi connectivity index (χ0n) is 20.7. The highest BCUT2D eigenvalue weighted by Crippen LogP contribution is 2.26. The van der Waals surface area contributed by atoms with Crippen LogP contribution in [0.15, 0.2) is 89.5 Å². The van der Waals surface area contributed by atoms with Crippen LogP contribution in [-0.2, 0) is 9.47 Å². The van der Waals surface area contributed by atoms with Gasteiger partial charge in [0.1, 0.15) is 18.1 Å². The number of anilines is 1. The number of carbonyl (C=O) groups excluding carboxylic acids is 1. The van der Waals surface area contributed by atoms with Crippen molar-refractivity contribution in [2.24, 2.45) is 0 Å². The quantitative estimate of drug-likeness (QED) is 0.191. The van der Waals surface area contributed by atoms with Gasteiger partial charge in [-0.05, 0) is 55.0 Å².